The lowest BCUT2D eigenvalue weighted by molar-refractivity contribution is -0.384. The molecule has 1 atom stereocenters. The average molecular weight is 398 g/mol. The van der Waals surface area contributed by atoms with Crippen LogP contribution in [0.1, 0.15) is 59.6 Å². The quantitative estimate of drug-likeness (QED) is 0.227. The minimum absolute atomic E-state index is 0.0277. The monoisotopic (exact) mass is 397 g/mol. The molecule has 6 heteroatoms. The molecule has 0 aliphatic heterocycles. The lowest BCUT2D eigenvalue weighted by Gasteiger charge is -2.41. The van der Waals surface area contributed by atoms with Crippen molar-refractivity contribution in [1.82, 2.24) is 0 Å². The number of rotatable bonds is 9. The molecule has 0 spiro atoms. The van der Waals surface area contributed by atoms with E-state index < -0.39 is 19.1 Å². The van der Waals surface area contributed by atoms with Crippen molar-refractivity contribution in [2.24, 2.45) is 0 Å². The highest BCUT2D eigenvalue weighted by Crippen LogP contribution is 2.43. The molecule has 0 aromatic heterocycles. The van der Waals surface area contributed by atoms with Gasteiger partial charge >= 0.3 is 0 Å². The van der Waals surface area contributed by atoms with Gasteiger partial charge in [-0.1, -0.05) is 52.8 Å². The Balaban J connectivity index is 3.13. The highest BCUT2D eigenvalue weighted by molar-refractivity contribution is 6.88. The second-order valence-corrected chi connectivity index (χ2v) is 14.0. The lowest BCUT2D eigenvalue weighted by Crippen LogP contribution is -2.43. The fraction of sp³-hybridized carbons (Fsp3) is 0.600. The van der Waals surface area contributed by atoms with E-state index in [1.807, 2.05) is 0 Å². The van der Waals surface area contributed by atoms with Crippen LogP contribution in [0.15, 0.2) is 35.5 Å². The van der Waals surface area contributed by atoms with Crippen LogP contribution in [0.2, 0.25) is 16.6 Å². The second-order valence-electron chi connectivity index (χ2n) is 7.97. The normalized spacial score (nSPS) is 14.3. The summed E-state index contributed by atoms with van der Waals surface area (Å²) in [5, 5.41) is 21.4. The van der Waals surface area contributed by atoms with Crippen molar-refractivity contribution in [3.63, 3.8) is 0 Å². The van der Waals surface area contributed by atoms with Gasteiger partial charge in [-0.3, -0.25) is 10.1 Å². The average Bonchev–Trinajstić information content (AvgIpc) is 2.57. The molecule has 0 fully saturated rings. The van der Waals surface area contributed by atoms with E-state index in [-0.39, 0.29) is 5.69 Å². The van der Waals surface area contributed by atoms with Crippen LogP contribution in [0.5, 0.6) is 0 Å². The zero-order valence-corrected chi connectivity index (χ0v) is 18.5. The van der Waals surface area contributed by atoms with Gasteiger partial charge in [0.15, 0.2) is 0 Å². The maximum atomic E-state index is 10.8. The maximum Gasteiger partial charge on any atom is 0.269 e. The number of nitrogens with zero attached hydrogens (tertiary/aromatic N) is 1. The molecular weight excluding hydrogens is 366 g/mol. The predicted molar refractivity (Wildman–Crippen MR) is 113 cm³/mol. The summed E-state index contributed by atoms with van der Waals surface area (Å²) < 4.78 is 0. The highest BCUT2D eigenvalue weighted by atomic mass is 35.5. The SMILES string of the molecule is CC(C)[Si](/C=C(\CCl)CC(O)c1ccc([N+](=O)[O-])cc1)(C(C)C)C(C)C. The van der Waals surface area contributed by atoms with E-state index in [9.17, 15) is 15.2 Å². The Morgan fingerprint density at radius 1 is 1.12 bits per heavy atom. The number of aliphatic hydroxyl groups is 1. The lowest BCUT2D eigenvalue weighted by atomic mass is 10.0. The third kappa shape index (κ3) is 5.18. The molecule has 0 radical (unpaired) electrons. The number of non-ortho nitro benzene ring substituents is 1. The molecule has 1 rings (SSSR count). The minimum Gasteiger partial charge on any atom is -0.388 e. The predicted octanol–water partition coefficient (Wildman–Crippen LogP) is 6.40. The number of hydrogen-bond acceptors (Lipinski definition) is 3. The van der Waals surface area contributed by atoms with Crippen molar-refractivity contribution in [2.45, 2.75) is 70.7 Å². The van der Waals surface area contributed by atoms with Crippen molar-refractivity contribution in [3.05, 3.63) is 51.2 Å². The number of nitro benzene ring substituents is 1. The smallest absolute Gasteiger partial charge is 0.269 e. The van der Waals surface area contributed by atoms with Crippen LogP contribution in [0, 0.1) is 10.1 Å². The van der Waals surface area contributed by atoms with E-state index in [0.717, 1.165) is 5.57 Å². The number of nitro groups is 1. The third-order valence-corrected chi connectivity index (χ3v) is 12.8. The Morgan fingerprint density at radius 3 is 1.92 bits per heavy atom. The van der Waals surface area contributed by atoms with Crippen LogP contribution < -0.4 is 0 Å². The molecule has 26 heavy (non-hydrogen) atoms. The highest BCUT2D eigenvalue weighted by Gasteiger charge is 2.40. The van der Waals surface area contributed by atoms with Gasteiger partial charge in [0.2, 0.25) is 0 Å². The first-order valence-corrected chi connectivity index (χ1v) is 12.1. The summed E-state index contributed by atoms with van der Waals surface area (Å²) in [7, 11) is -1.75. The topological polar surface area (TPSA) is 63.4 Å². The summed E-state index contributed by atoms with van der Waals surface area (Å²) >= 11 is 6.24. The van der Waals surface area contributed by atoms with Gasteiger partial charge in [-0.25, -0.2) is 0 Å². The molecule has 0 aliphatic carbocycles. The number of benzene rings is 1. The van der Waals surface area contributed by atoms with Gasteiger partial charge < -0.3 is 5.11 Å². The van der Waals surface area contributed by atoms with Crippen LogP contribution in [0.4, 0.5) is 5.69 Å². The van der Waals surface area contributed by atoms with Crippen LogP contribution in [0.25, 0.3) is 0 Å². The number of aliphatic hydroxyl groups excluding tert-OH is 1. The van der Waals surface area contributed by atoms with Gasteiger partial charge in [0, 0.05) is 18.0 Å². The Kier molecular flexibility index (Phi) is 8.51. The summed E-state index contributed by atoms with van der Waals surface area (Å²) in [6.45, 7) is 13.8. The summed E-state index contributed by atoms with van der Waals surface area (Å²) in [5.41, 5.74) is 5.93. The van der Waals surface area contributed by atoms with Gasteiger partial charge in [-0.2, -0.15) is 0 Å². The van der Waals surface area contributed by atoms with E-state index in [2.05, 4.69) is 47.2 Å². The molecule has 0 bridgehead atoms. The molecule has 1 unspecified atom stereocenters. The first-order valence-electron chi connectivity index (χ1n) is 9.25. The standard InChI is InChI=1S/C20H32ClNO3Si/c1-14(2)26(15(3)4,16(5)6)13-17(12-21)11-20(23)18-7-9-19(10-8-18)22(24)25/h7-10,13-16,20,23H,11-12H2,1-6H3/b17-13-. The second kappa shape index (κ2) is 9.67. The molecule has 0 saturated carbocycles. The zero-order valence-electron chi connectivity index (χ0n) is 16.7. The number of hydrogen-bond donors (Lipinski definition) is 1. The van der Waals surface area contributed by atoms with E-state index >= 15 is 0 Å². The van der Waals surface area contributed by atoms with Crippen molar-refractivity contribution < 1.29 is 10.0 Å². The van der Waals surface area contributed by atoms with Gasteiger partial charge in [-0.15, -0.1) is 11.6 Å². The first kappa shape index (κ1) is 22.9. The first-order chi connectivity index (χ1) is 12.1. The summed E-state index contributed by atoms with van der Waals surface area (Å²) in [5.74, 6) is 0.394. The molecular formula is C20H32ClNO3Si. The number of halogens is 1. The third-order valence-electron chi connectivity index (χ3n) is 5.57. The van der Waals surface area contributed by atoms with Crippen LogP contribution >= 0.6 is 11.6 Å². The zero-order chi connectivity index (χ0) is 20.1. The molecule has 1 aromatic rings. The summed E-state index contributed by atoms with van der Waals surface area (Å²) in [4.78, 5) is 10.3. The Hall–Kier alpha value is -1.17. The summed E-state index contributed by atoms with van der Waals surface area (Å²) in [6.07, 6.45) is -0.249. The molecule has 0 aliphatic rings. The molecule has 4 nitrogen and oxygen atoms in total. The van der Waals surface area contributed by atoms with Crippen molar-refractivity contribution >= 4 is 25.4 Å². The van der Waals surface area contributed by atoms with Gasteiger partial charge in [0.25, 0.3) is 5.69 Å². The molecule has 0 saturated heterocycles. The van der Waals surface area contributed by atoms with E-state index in [1.54, 1.807) is 12.1 Å². The van der Waals surface area contributed by atoms with Gasteiger partial charge in [-0.05, 0) is 40.7 Å². The molecule has 0 amide bonds. The molecule has 1 aromatic carbocycles. The molecule has 146 valence electrons. The minimum atomic E-state index is -1.75. The van der Waals surface area contributed by atoms with Gasteiger partial charge in [0.1, 0.15) is 0 Å². The Labute approximate surface area is 163 Å². The molecule has 0 heterocycles. The largest absolute Gasteiger partial charge is 0.388 e. The summed E-state index contributed by atoms with van der Waals surface area (Å²) in [6, 6.07) is 6.09. The van der Waals surface area contributed by atoms with Crippen molar-refractivity contribution in [2.75, 3.05) is 5.88 Å². The van der Waals surface area contributed by atoms with E-state index in [1.165, 1.54) is 12.1 Å². The van der Waals surface area contributed by atoms with E-state index in [4.69, 9.17) is 11.6 Å². The fourth-order valence-corrected chi connectivity index (χ4v) is 10.4. The maximum absolute atomic E-state index is 10.8. The van der Waals surface area contributed by atoms with Crippen LogP contribution in [-0.4, -0.2) is 24.0 Å². The van der Waals surface area contributed by atoms with Crippen molar-refractivity contribution in [1.29, 1.82) is 0 Å². The van der Waals surface area contributed by atoms with Crippen molar-refractivity contribution in [3.8, 4) is 0 Å². The van der Waals surface area contributed by atoms with Crippen LogP contribution in [0.3, 0.4) is 0 Å². The number of alkyl halides is 1. The van der Waals surface area contributed by atoms with E-state index in [0.29, 0.717) is 34.5 Å². The molecule has 1 N–H and O–H groups in total. The Bertz CT molecular complexity index is 605. The van der Waals surface area contributed by atoms with Crippen LogP contribution in [-0.2, 0) is 0 Å². The Morgan fingerprint density at radius 2 is 1.58 bits per heavy atom. The fourth-order valence-electron chi connectivity index (χ4n) is 4.19. The van der Waals surface area contributed by atoms with Gasteiger partial charge in [0.05, 0.1) is 19.1 Å².